The molecule has 1 amide bonds. The van der Waals surface area contributed by atoms with Gasteiger partial charge in [-0.3, -0.25) is 4.79 Å². The van der Waals surface area contributed by atoms with Crippen molar-refractivity contribution < 1.29 is 9.18 Å². The average Bonchev–Trinajstić information content (AvgIpc) is 2.83. The number of hydrogen-bond acceptors (Lipinski definition) is 3. The van der Waals surface area contributed by atoms with Crippen molar-refractivity contribution in [2.24, 2.45) is 0 Å². The Labute approximate surface area is 185 Å². The van der Waals surface area contributed by atoms with Crippen molar-refractivity contribution in [2.75, 3.05) is 5.32 Å². The van der Waals surface area contributed by atoms with Gasteiger partial charge in [0, 0.05) is 11.1 Å². The molecule has 0 bridgehead atoms. The monoisotopic (exact) mass is 421 g/mol. The lowest BCUT2D eigenvalue weighted by Crippen LogP contribution is -2.17. The Morgan fingerprint density at radius 3 is 2.41 bits per heavy atom. The zero-order valence-corrected chi connectivity index (χ0v) is 17.3. The second kappa shape index (κ2) is 8.55. The van der Waals surface area contributed by atoms with Crippen molar-refractivity contribution in [3.8, 4) is 11.3 Å². The Morgan fingerprint density at radius 2 is 1.62 bits per heavy atom. The fourth-order valence-electron chi connectivity index (χ4n) is 3.84. The topological polar surface area (TPSA) is 54.9 Å². The van der Waals surface area contributed by atoms with Crippen molar-refractivity contribution in [1.82, 2.24) is 9.97 Å². The van der Waals surface area contributed by atoms with E-state index in [1.807, 2.05) is 60.7 Å². The summed E-state index contributed by atoms with van der Waals surface area (Å²) in [5.74, 6) is -0.0843. The Kier molecular flexibility index (Phi) is 5.30. The van der Waals surface area contributed by atoms with E-state index in [0.29, 0.717) is 29.9 Å². The molecule has 0 spiro atoms. The first kappa shape index (κ1) is 19.8. The second-order valence-corrected chi connectivity index (χ2v) is 7.62. The third-order valence-electron chi connectivity index (χ3n) is 5.45. The molecule has 0 unspecified atom stereocenters. The number of amides is 1. The van der Waals surface area contributed by atoms with Gasteiger partial charge in [-0.05, 0) is 60.4 Å². The van der Waals surface area contributed by atoms with E-state index in [1.165, 1.54) is 6.07 Å². The molecule has 5 rings (SSSR count). The van der Waals surface area contributed by atoms with E-state index >= 15 is 0 Å². The van der Waals surface area contributed by atoms with Crippen LogP contribution in [-0.4, -0.2) is 15.9 Å². The lowest BCUT2D eigenvalue weighted by Gasteiger charge is -2.20. The molecule has 5 heteroatoms. The van der Waals surface area contributed by atoms with E-state index in [-0.39, 0.29) is 11.7 Å². The molecule has 0 atom stereocenters. The smallest absolute Gasteiger partial charge is 0.256 e. The first-order chi connectivity index (χ1) is 15.7. The third kappa shape index (κ3) is 4.05. The van der Waals surface area contributed by atoms with Crippen molar-refractivity contribution in [2.45, 2.75) is 12.8 Å². The summed E-state index contributed by atoms with van der Waals surface area (Å²) in [5.41, 5.74) is 5.44. The van der Waals surface area contributed by atoms with Crippen LogP contribution in [0.1, 0.15) is 32.9 Å². The molecule has 1 N–H and O–H groups in total. The summed E-state index contributed by atoms with van der Waals surface area (Å²) in [5, 5.41) is 2.92. The average molecular weight is 421 g/mol. The number of aryl methyl sites for hydroxylation is 2. The lowest BCUT2D eigenvalue weighted by molar-refractivity contribution is 0.102. The van der Waals surface area contributed by atoms with Crippen molar-refractivity contribution in [3.05, 3.63) is 113 Å². The highest BCUT2D eigenvalue weighted by Gasteiger charge is 2.22. The van der Waals surface area contributed by atoms with E-state index < -0.39 is 0 Å². The van der Waals surface area contributed by atoms with Crippen LogP contribution in [0.2, 0.25) is 0 Å². The predicted octanol–water partition coefficient (Wildman–Crippen LogP) is 5.80. The van der Waals surface area contributed by atoms with Crippen molar-refractivity contribution in [3.63, 3.8) is 0 Å². The third-order valence-corrected chi connectivity index (χ3v) is 5.45. The molecule has 4 nitrogen and oxygen atoms in total. The van der Waals surface area contributed by atoms with E-state index in [0.717, 1.165) is 28.1 Å². The van der Waals surface area contributed by atoms with Gasteiger partial charge in [0.05, 0.1) is 11.4 Å². The van der Waals surface area contributed by atoms with Crippen LogP contribution < -0.4 is 5.32 Å². The predicted molar refractivity (Wildman–Crippen MR) is 125 cm³/mol. The minimum absolute atomic E-state index is 0.243. The number of anilines is 1. The zero-order valence-electron chi connectivity index (χ0n) is 17.3. The molecule has 0 saturated carbocycles. The number of fused-ring (bicyclic) bond motifs is 3. The minimum Gasteiger partial charge on any atom is -0.305 e. The van der Waals surface area contributed by atoms with Crippen LogP contribution >= 0.6 is 0 Å². The van der Waals surface area contributed by atoms with Gasteiger partial charge in [-0.25, -0.2) is 14.4 Å². The van der Waals surface area contributed by atoms with Crippen LogP contribution in [0.4, 0.5) is 10.2 Å². The molecule has 1 aliphatic rings. The Hall–Kier alpha value is -4.12. The normalized spacial score (nSPS) is 12.3. The molecule has 0 aliphatic heterocycles. The van der Waals surface area contributed by atoms with Crippen LogP contribution in [-0.2, 0) is 12.8 Å². The number of nitrogens with zero attached hydrogens (tertiary/aromatic N) is 2. The van der Waals surface area contributed by atoms with Gasteiger partial charge in [0.15, 0.2) is 5.82 Å². The van der Waals surface area contributed by atoms with Crippen molar-refractivity contribution >= 4 is 23.9 Å². The number of carbonyl (C=O) groups is 1. The van der Waals surface area contributed by atoms with Gasteiger partial charge in [0.1, 0.15) is 11.5 Å². The highest BCUT2D eigenvalue weighted by molar-refractivity contribution is 6.04. The number of nitrogens with one attached hydrogen (secondary N) is 1. The van der Waals surface area contributed by atoms with E-state index in [9.17, 15) is 9.18 Å². The van der Waals surface area contributed by atoms with Gasteiger partial charge in [0.25, 0.3) is 5.91 Å². The molecular weight excluding hydrogens is 401 g/mol. The molecule has 1 aromatic heterocycles. The van der Waals surface area contributed by atoms with Gasteiger partial charge in [-0.2, -0.15) is 0 Å². The number of halogens is 1. The maximum absolute atomic E-state index is 13.7. The molecule has 1 aliphatic carbocycles. The fraction of sp³-hybridized carbons (Fsp3) is 0.0741. The van der Waals surface area contributed by atoms with Gasteiger partial charge in [0.2, 0.25) is 0 Å². The van der Waals surface area contributed by atoms with Crippen LogP contribution in [0.15, 0.2) is 78.9 Å². The molecule has 1 heterocycles. The van der Waals surface area contributed by atoms with E-state index in [4.69, 9.17) is 9.97 Å². The van der Waals surface area contributed by atoms with Crippen LogP contribution in [0.3, 0.4) is 0 Å². The Bertz CT molecular complexity index is 1320. The summed E-state index contributed by atoms with van der Waals surface area (Å²) in [6, 6.07) is 23.6. The maximum Gasteiger partial charge on any atom is 0.256 e. The first-order valence-corrected chi connectivity index (χ1v) is 10.5. The van der Waals surface area contributed by atoms with Crippen LogP contribution in [0.25, 0.3) is 23.4 Å². The molecule has 0 saturated heterocycles. The number of carbonyl (C=O) groups excluding carboxylic acids is 1. The molecule has 156 valence electrons. The molecular formula is C27H20FN3O. The highest BCUT2D eigenvalue weighted by atomic mass is 19.1. The van der Waals surface area contributed by atoms with Crippen LogP contribution in [0.5, 0.6) is 0 Å². The molecule has 0 fully saturated rings. The van der Waals surface area contributed by atoms with Crippen molar-refractivity contribution in [1.29, 1.82) is 0 Å². The SMILES string of the molecule is O=C(Nc1nc2c(nc1/C=C/c1ccccc1)-c1ccc(F)cc1CC2)c1ccccc1. The first-order valence-electron chi connectivity index (χ1n) is 10.5. The van der Waals surface area contributed by atoms with Crippen LogP contribution in [0, 0.1) is 5.82 Å². The number of aromatic nitrogens is 2. The van der Waals surface area contributed by atoms with Gasteiger partial charge < -0.3 is 5.32 Å². The summed E-state index contributed by atoms with van der Waals surface area (Å²) in [7, 11) is 0. The van der Waals surface area contributed by atoms with Gasteiger partial charge >= 0.3 is 0 Å². The Balaban J connectivity index is 1.58. The molecule has 4 aromatic rings. The summed E-state index contributed by atoms with van der Waals surface area (Å²) in [6.45, 7) is 0. The summed E-state index contributed by atoms with van der Waals surface area (Å²) in [6.07, 6.45) is 5.10. The standard InChI is InChI=1S/C27H20FN3O/c28-21-13-14-22-20(17-21)12-16-23-25(22)29-24(15-11-18-7-3-1-4-8-18)26(30-23)31-27(32)19-9-5-2-6-10-19/h1-11,13-15,17H,12,16H2,(H,30,31,32)/b15-11+. The highest BCUT2D eigenvalue weighted by Crippen LogP contribution is 2.33. The molecule has 32 heavy (non-hydrogen) atoms. The number of benzene rings is 3. The maximum atomic E-state index is 13.7. The van der Waals surface area contributed by atoms with E-state index in [2.05, 4.69) is 5.32 Å². The second-order valence-electron chi connectivity index (χ2n) is 7.62. The minimum atomic E-state index is -0.254. The quantitative estimate of drug-likeness (QED) is 0.453. The molecule has 0 radical (unpaired) electrons. The fourth-order valence-corrected chi connectivity index (χ4v) is 3.84. The van der Waals surface area contributed by atoms with Gasteiger partial charge in [-0.15, -0.1) is 0 Å². The summed E-state index contributed by atoms with van der Waals surface area (Å²) in [4.78, 5) is 22.4. The van der Waals surface area contributed by atoms with E-state index in [1.54, 1.807) is 24.3 Å². The summed E-state index contributed by atoms with van der Waals surface area (Å²) >= 11 is 0. The lowest BCUT2D eigenvalue weighted by atomic mass is 9.91. The largest absolute Gasteiger partial charge is 0.305 e. The Morgan fingerprint density at radius 1 is 0.875 bits per heavy atom. The number of hydrogen-bond donors (Lipinski definition) is 1. The summed E-state index contributed by atoms with van der Waals surface area (Å²) < 4.78 is 13.7. The number of rotatable bonds is 4. The zero-order chi connectivity index (χ0) is 21.9. The molecule has 3 aromatic carbocycles. The van der Waals surface area contributed by atoms with Gasteiger partial charge in [-0.1, -0.05) is 54.6 Å².